The second-order valence-electron chi connectivity index (χ2n) is 5.81. The largest absolute Gasteiger partial charge is 0.416 e. The van der Waals surface area contributed by atoms with Crippen molar-refractivity contribution in [1.29, 1.82) is 0 Å². The number of nitrogens with zero attached hydrogens (tertiary/aromatic N) is 3. The molecule has 8 heteroatoms. The summed E-state index contributed by atoms with van der Waals surface area (Å²) in [6.45, 7) is 0. The predicted molar refractivity (Wildman–Crippen MR) is 87.6 cm³/mol. The van der Waals surface area contributed by atoms with E-state index in [0.29, 0.717) is 22.8 Å². The Kier molecular flexibility index (Phi) is 3.75. The minimum atomic E-state index is -4.43. The molecule has 0 radical (unpaired) electrons. The molecule has 1 N–H and O–H groups in total. The van der Waals surface area contributed by atoms with E-state index in [1.165, 1.54) is 29.2 Å². The maximum atomic E-state index is 13.2. The van der Waals surface area contributed by atoms with Crippen molar-refractivity contribution in [1.82, 2.24) is 14.8 Å². The average Bonchev–Trinajstić information content (AvgIpc) is 3.09. The first kappa shape index (κ1) is 16.3. The summed E-state index contributed by atoms with van der Waals surface area (Å²) in [6, 6.07) is 10.3. The van der Waals surface area contributed by atoms with E-state index in [1.54, 1.807) is 24.3 Å². The molecule has 0 bridgehead atoms. The summed E-state index contributed by atoms with van der Waals surface area (Å²) in [5.41, 5.74) is 1.00. The molecule has 0 spiro atoms. The van der Waals surface area contributed by atoms with Crippen LogP contribution < -0.4 is 5.32 Å². The molecule has 4 nitrogen and oxygen atoms in total. The van der Waals surface area contributed by atoms with Crippen LogP contribution in [0.2, 0.25) is 0 Å². The summed E-state index contributed by atoms with van der Waals surface area (Å²) in [5.74, 6) is 0.0250. The SMILES string of the molecule is Fc1ccc(C2=C[C@@H](c3cccc(C(F)(F)F)c3)n3ncnc3N2)cc1. The average molecular weight is 360 g/mol. The highest BCUT2D eigenvalue weighted by Gasteiger charge is 2.32. The number of allylic oxidation sites excluding steroid dienone is 1. The number of alkyl halides is 3. The van der Waals surface area contributed by atoms with Gasteiger partial charge in [0.15, 0.2) is 0 Å². The van der Waals surface area contributed by atoms with Gasteiger partial charge in [-0.05, 0) is 53.6 Å². The zero-order valence-corrected chi connectivity index (χ0v) is 13.2. The Bertz CT molecular complexity index is 973. The van der Waals surface area contributed by atoms with Gasteiger partial charge >= 0.3 is 6.18 Å². The van der Waals surface area contributed by atoms with E-state index < -0.39 is 17.8 Å². The molecule has 0 unspecified atom stereocenters. The van der Waals surface area contributed by atoms with Gasteiger partial charge in [0, 0.05) is 5.70 Å². The Labute approximate surface area is 145 Å². The monoisotopic (exact) mass is 360 g/mol. The fourth-order valence-electron chi connectivity index (χ4n) is 2.87. The maximum Gasteiger partial charge on any atom is 0.416 e. The third kappa shape index (κ3) is 2.94. The summed E-state index contributed by atoms with van der Waals surface area (Å²) >= 11 is 0. The topological polar surface area (TPSA) is 42.7 Å². The molecule has 0 saturated carbocycles. The highest BCUT2D eigenvalue weighted by atomic mass is 19.4. The van der Waals surface area contributed by atoms with Crippen LogP contribution in [0.1, 0.15) is 22.7 Å². The number of nitrogens with one attached hydrogen (secondary N) is 1. The predicted octanol–water partition coefficient (Wildman–Crippen LogP) is 4.49. The molecule has 1 aliphatic rings. The van der Waals surface area contributed by atoms with E-state index in [1.807, 2.05) is 0 Å². The van der Waals surface area contributed by atoms with Crippen LogP contribution in [0.15, 0.2) is 60.9 Å². The lowest BCUT2D eigenvalue weighted by Gasteiger charge is -2.25. The zero-order chi connectivity index (χ0) is 18.3. The fourth-order valence-corrected chi connectivity index (χ4v) is 2.87. The lowest BCUT2D eigenvalue weighted by Crippen LogP contribution is -2.20. The summed E-state index contributed by atoms with van der Waals surface area (Å²) in [6.07, 6.45) is -1.37. The van der Waals surface area contributed by atoms with Crippen LogP contribution in [0.3, 0.4) is 0 Å². The number of rotatable bonds is 2. The molecule has 2 heterocycles. The van der Waals surface area contributed by atoms with Crippen molar-refractivity contribution >= 4 is 11.6 Å². The normalized spacial score (nSPS) is 16.6. The van der Waals surface area contributed by atoms with Gasteiger partial charge in [0.05, 0.1) is 5.56 Å². The Morgan fingerprint density at radius 3 is 2.54 bits per heavy atom. The fraction of sp³-hybridized carbons (Fsp3) is 0.111. The number of hydrogen-bond donors (Lipinski definition) is 1. The van der Waals surface area contributed by atoms with Crippen molar-refractivity contribution in [3.8, 4) is 0 Å². The van der Waals surface area contributed by atoms with Gasteiger partial charge in [0.1, 0.15) is 18.2 Å². The van der Waals surface area contributed by atoms with Gasteiger partial charge in [-0.2, -0.15) is 23.3 Å². The molecule has 0 aliphatic carbocycles. The van der Waals surface area contributed by atoms with Gasteiger partial charge in [-0.25, -0.2) is 9.07 Å². The zero-order valence-electron chi connectivity index (χ0n) is 13.2. The third-order valence-corrected chi connectivity index (χ3v) is 4.12. The summed E-state index contributed by atoms with van der Waals surface area (Å²) < 4.78 is 53.8. The van der Waals surface area contributed by atoms with E-state index in [-0.39, 0.29) is 5.82 Å². The van der Waals surface area contributed by atoms with Gasteiger partial charge in [-0.3, -0.25) is 0 Å². The molecular weight excluding hydrogens is 348 g/mol. The van der Waals surface area contributed by atoms with Crippen LogP contribution in [-0.4, -0.2) is 14.8 Å². The van der Waals surface area contributed by atoms with Crippen LogP contribution >= 0.6 is 0 Å². The summed E-state index contributed by atoms with van der Waals surface area (Å²) in [7, 11) is 0. The number of hydrogen-bond acceptors (Lipinski definition) is 3. The molecule has 1 atom stereocenters. The lowest BCUT2D eigenvalue weighted by molar-refractivity contribution is -0.137. The number of halogens is 4. The van der Waals surface area contributed by atoms with Crippen molar-refractivity contribution < 1.29 is 17.6 Å². The van der Waals surface area contributed by atoms with E-state index in [9.17, 15) is 17.6 Å². The van der Waals surface area contributed by atoms with E-state index in [4.69, 9.17) is 0 Å². The molecule has 0 saturated heterocycles. The van der Waals surface area contributed by atoms with Gasteiger partial charge in [-0.1, -0.05) is 12.1 Å². The third-order valence-electron chi connectivity index (χ3n) is 4.12. The first-order chi connectivity index (χ1) is 12.4. The summed E-state index contributed by atoms with van der Waals surface area (Å²) in [4.78, 5) is 4.10. The van der Waals surface area contributed by atoms with E-state index in [0.717, 1.165) is 12.1 Å². The summed E-state index contributed by atoms with van der Waals surface area (Å²) in [5, 5.41) is 7.17. The van der Waals surface area contributed by atoms with Crippen LogP contribution in [0, 0.1) is 5.82 Å². The smallest absolute Gasteiger partial charge is 0.324 e. The number of aromatic nitrogens is 3. The molecule has 1 aliphatic heterocycles. The minimum Gasteiger partial charge on any atom is -0.324 e. The molecule has 4 rings (SSSR count). The molecule has 3 aromatic rings. The van der Waals surface area contributed by atoms with Crippen molar-refractivity contribution in [2.24, 2.45) is 0 Å². The number of fused-ring (bicyclic) bond motifs is 1. The Hall–Kier alpha value is -3.16. The molecule has 26 heavy (non-hydrogen) atoms. The van der Waals surface area contributed by atoms with E-state index >= 15 is 0 Å². The van der Waals surface area contributed by atoms with Crippen molar-refractivity contribution in [3.63, 3.8) is 0 Å². The first-order valence-corrected chi connectivity index (χ1v) is 7.73. The first-order valence-electron chi connectivity index (χ1n) is 7.73. The highest BCUT2D eigenvalue weighted by Crippen LogP contribution is 2.35. The molecule has 132 valence electrons. The quantitative estimate of drug-likeness (QED) is 0.685. The van der Waals surface area contributed by atoms with E-state index in [2.05, 4.69) is 15.4 Å². The van der Waals surface area contributed by atoms with Gasteiger partial charge in [0.25, 0.3) is 0 Å². The number of benzene rings is 2. The standard InChI is InChI=1S/C18H12F4N4/c19-14-6-4-11(5-7-14)15-9-16(26-17(25-15)23-10-24-26)12-2-1-3-13(8-12)18(20,21)22/h1-10,16H,(H,23,24,25)/t16-/m0/s1. The Morgan fingerprint density at radius 2 is 1.81 bits per heavy atom. The lowest BCUT2D eigenvalue weighted by atomic mass is 10.00. The van der Waals surface area contributed by atoms with Crippen LogP contribution in [0.25, 0.3) is 5.70 Å². The van der Waals surface area contributed by atoms with Gasteiger partial charge in [0.2, 0.25) is 5.95 Å². The van der Waals surface area contributed by atoms with Gasteiger partial charge < -0.3 is 5.32 Å². The highest BCUT2D eigenvalue weighted by molar-refractivity contribution is 5.77. The van der Waals surface area contributed by atoms with Crippen LogP contribution in [0.4, 0.5) is 23.5 Å². The molecule has 0 amide bonds. The second kappa shape index (κ2) is 5.98. The Morgan fingerprint density at radius 1 is 1.04 bits per heavy atom. The Balaban J connectivity index is 1.80. The van der Waals surface area contributed by atoms with Crippen molar-refractivity contribution in [2.45, 2.75) is 12.2 Å². The molecular formula is C18H12F4N4. The minimum absolute atomic E-state index is 0.372. The molecule has 1 aromatic heterocycles. The van der Waals surface area contributed by atoms with Crippen molar-refractivity contribution in [3.05, 3.63) is 83.4 Å². The second-order valence-corrected chi connectivity index (χ2v) is 5.81. The maximum absolute atomic E-state index is 13.2. The van der Waals surface area contributed by atoms with Crippen LogP contribution in [0.5, 0.6) is 0 Å². The van der Waals surface area contributed by atoms with Gasteiger partial charge in [-0.15, -0.1) is 0 Å². The van der Waals surface area contributed by atoms with Crippen LogP contribution in [-0.2, 0) is 6.18 Å². The number of anilines is 1. The molecule has 2 aromatic carbocycles. The molecule has 0 fully saturated rings. The van der Waals surface area contributed by atoms with Crippen molar-refractivity contribution in [2.75, 3.05) is 5.32 Å².